The number of aromatic hydroxyl groups is 1. The van der Waals surface area contributed by atoms with E-state index in [-0.39, 0.29) is 48.8 Å². The first kappa shape index (κ1) is 21.5. The third-order valence-electron chi connectivity index (χ3n) is 8.17. The summed E-state index contributed by atoms with van der Waals surface area (Å²) in [5.74, 6) is 1.29. The summed E-state index contributed by atoms with van der Waals surface area (Å²) in [6.07, 6.45) is 3.76. The fraction of sp³-hybridized carbons (Fsp3) is 0.714. The maximum Gasteiger partial charge on any atom is 0.165 e. The van der Waals surface area contributed by atoms with Crippen molar-refractivity contribution in [3.63, 3.8) is 0 Å². The van der Waals surface area contributed by atoms with E-state index >= 15 is 0 Å². The van der Waals surface area contributed by atoms with Gasteiger partial charge in [-0.2, -0.15) is 0 Å². The molecule has 2 saturated carbocycles. The van der Waals surface area contributed by atoms with E-state index in [0.717, 1.165) is 37.1 Å². The van der Waals surface area contributed by atoms with Crippen LogP contribution in [0.15, 0.2) is 12.1 Å². The largest absolute Gasteiger partial charge is 0.504 e. The average Bonchev–Trinajstić information content (AvgIpc) is 3.39. The molecule has 1 spiro atoms. The number of nitrogens with zero attached hydrogens (tertiary/aromatic N) is 1. The highest BCUT2D eigenvalue weighted by Crippen LogP contribution is 2.67. The lowest BCUT2D eigenvalue weighted by molar-refractivity contribution is -0.217. The molecule has 2 aliphatic heterocycles. The van der Waals surface area contributed by atoms with E-state index in [9.17, 15) is 15.3 Å². The Morgan fingerprint density at radius 3 is 2.66 bits per heavy atom. The van der Waals surface area contributed by atoms with E-state index in [1.54, 1.807) is 6.07 Å². The van der Waals surface area contributed by atoms with Crippen LogP contribution in [0, 0.1) is 5.92 Å². The number of hydrogen-bond donors (Lipinski definition) is 4. The monoisotopic (exact) mass is 444 g/mol. The number of rotatable bonds is 3. The van der Waals surface area contributed by atoms with Gasteiger partial charge in [0.25, 0.3) is 0 Å². The lowest BCUT2D eigenvalue weighted by atomic mass is 9.47. The van der Waals surface area contributed by atoms with E-state index in [1.807, 2.05) is 13.1 Å². The third-order valence-corrected chi connectivity index (χ3v) is 8.17. The minimum atomic E-state index is -1.04. The number of hydrogen-bond acceptors (Lipinski definition) is 6. The van der Waals surface area contributed by atoms with Crippen LogP contribution >= 0.6 is 24.8 Å². The Bertz CT molecular complexity index is 822. The van der Waals surface area contributed by atoms with E-state index in [4.69, 9.17) is 4.74 Å². The SMILES string of the molecule is CN[C@@H]1CC[C@@]2(O)[C@H]3[C@@H](O)c4ccc(O)c5c4[C@@]2(CCN3CC2CC2)[C@H]1O5.Cl.Cl. The molecule has 0 amide bonds. The van der Waals surface area contributed by atoms with Gasteiger partial charge in [-0.3, -0.25) is 4.90 Å². The van der Waals surface area contributed by atoms with E-state index in [1.165, 1.54) is 12.8 Å². The van der Waals surface area contributed by atoms with Crippen molar-refractivity contribution in [3.8, 4) is 11.5 Å². The van der Waals surface area contributed by atoms with Crippen LogP contribution in [0.5, 0.6) is 11.5 Å². The van der Waals surface area contributed by atoms with E-state index in [2.05, 4.69) is 10.2 Å². The molecule has 1 aromatic carbocycles. The lowest BCUT2D eigenvalue weighted by Crippen LogP contribution is -2.78. The van der Waals surface area contributed by atoms with Crippen molar-refractivity contribution in [1.29, 1.82) is 0 Å². The summed E-state index contributed by atoms with van der Waals surface area (Å²) in [5.41, 5.74) is 0.0950. The van der Waals surface area contributed by atoms with Crippen molar-refractivity contribution in [2.45, 2.75) is 67.4 Å². The Kier molecular flexibility index (Phi) is 5.09. The Balaban J connectivity index is 0.00000102. The second-order valence-corrected chi connectivity index (χ2v) is 9.32. The van der Waals surface area contributed by atoms with Crippen molar-refractivity contribution < 1.29 is 20.1 Å². The zero-order chi connectivity index (χ0) is 18.6. The second-order valence-electron chi connectivity index (χ2n) is 9.32. The molecule has 6 rings (SSSR count). The lowest BCUT2D eigenvalue weighted by Gasteiger charge is -2.65. The first-order valence-electron chi connectivity index (χ1n) is 10.4. The highest BCUT2D eigenvalue weighted by atomic mass is 35.5. The summed E-state index contributed by atoms with van der Waals surface area (Å²) in [7, 11) is 1.94. The zero-order valence-electron chi connectivity index (χ0n) is 16.5. The minimum Gasteiger partial charge on any atom is -0.504 e. The quantitative estimate of drug-likeness (QED) is 0.569. The molecule has 8 heteroatoms. The third kappa shape index (κ3) is 2.45. The zero-order valence-corrected chi connectivity index (χ0v) is 18.1. The maximum absolute atomic E-state index is 12.2. The Hall–Kier alpha value is -0.760. The summed E-state index contributed by atoms with van der Waals surface area (Å²) < 4.78 is 6.35. The number of phenols is 1. The first-order chi connectivity index (χ1) is 13.0. The summed E-state index contributed by atoms with van der Waals surface area (Å²) in [5, 5.41) is 37.5. The van der Waals surface area contributed by atoms with Crippen molar-refractivity contribution in [1.82, 2.24) is 10.2 Å². The van der Waals surface area contributed by atoms with Gasteiger partial charge in [0.1, 0.15) is 6.10 Å². The topological polar surface area (TPSA) is 85.2 Å². The van der Waals surface area contributed by atoms with E-state index < -0.39 is 17.1 Å². The number of likely N-dealkylation sites (N-methyl/N-ethyl adjacent to an activating group) is 1. The van der Waals surface area contributed by atoms with Crippen LogP contribution < -0.4 is 10.1 Å². The summed E-state index contributed by atoms with van der Waals surface area (Å²) >= 11 is 0. The molecule has 0 unspecified atom stereocenters. The highest BCUT2D eigenvalue weighted by Gasteiger charge is 2.74. The predicted octanol–water partition coefficient (Wildman–Crippen LogP) is 1.88. The molecular weight excluding hydrogens is 415 g/mol. The van der Waals surface area contributed by atoms with Crippen LogP contribution in [0.2, 0.25) is 0 Å². The van der Waals surface area contributed by atoms with Gasteiger partial charge in [-0.1, -0.05) is 6.07 Å². The van der Waals surface area contributed by atoms with Gasteiger partial charge in [-0.05, 0) is 63.2 Å². The van der Waals surface area contributed by atoms with Gasteiger partial charge >= 0.3 is 0 Å². The minimum absolute atomic E-state index is 0. The molecule has 5 aliphatic rings. The molecular formula is C21H30Cl2N2O4. The first-order valence-corrected chi connectivity index (χ1v) is 10.4. The highest BCUT2D eigenvalue weighted by molar-refractivity contribution is 5.85. The van der Waals surface area contributed by atoms with Crippen molar-refractivity contribution >= 4 is 24.8 Å². The molecule has 0 aromatic heterocycles. The van der Waals surface area contributed by atoms with Crippen molar-refractivity contribution in [3.05, 3.63) is 23.3 Å². The van der Waals surface area contributed by atoms with Gasteiger partial charge in [0.15, 0.2) is 11.5 Å². The molecule has 2 bridgehead atoms. The molecule has 0 radical (unpaired) electrons. The molecule has 1 aromatic rings. The molecule has 4 N–H and O–H groups in total. The Morgan fingerprint density at radius 1 is 1.21 bits per heavy atom. The van der Waals surface area contributed by atoms with Crippen LogP contribution in [-0.2, 0) is 5.41 Å². The number of halogens is 2. The van der Waals surface area contributed by atoms with Crippen molar-refractivity contribution in [2.24, 2.45) is 5.92 Å². The van der Waals surface area contributed by atoms with Crippen LogP contribution in [-0.4, -0.2) is 64.1 Å². The summed E-state index contributed by atoms with van der Waals surface area (Å²) in [4.78, 5) is 2.35. The molecule has 162 valence electrons. The fourth-order valence-electron chi connectivity index (χ4n) is 6.84. The number of ether oxygens (including phenoxy) is 1. The average molecular weight is 445 g/mol. The van der Waals surface area contributed by atoms with Crippen LogP contribution in [0.4, 0.5) is 0 Å². The number of phenolic OH excluding ortho intramolecular Hbond substituents is 1. The fourth-order valence-corrected chi connectivity index (χ4v) is 6.84. The second kappa shape index (κ2) is 6.87. The molecule has 3 fully saturated rings. The van der Waals surface area contributed by atoms with Gasteiger partial charge in [0, 0.05) is 18.2 Å². The number of likely N-dealkylation sites (tertiary alicyclic amines) is 1. The normalized spacial score (nSPS) is 41.6. The molecule has 6 atom stereocenters. The molecule has 2 heterocycles. The smallest absolute Gasteiger partial charge is 0.165 e. The van der Waals surface area contributed by atoms with Crippen LogP contribution in [0.3, 0.4) is 0 Å². The number of aliphatic hydroxyl groups excluding tert-OH is 1. The standard InChI is InChI=1S/C21H28N2O4.2ClH/c1-22-13-6-7-21(26)18-16(25)12-4-5-14(24)17-15(12)20(21,19(13)27-17)8-9-23(18)10-11-2-3-11;;/h4-5,11,13,16,18-19,22,24-26H,2-3,6-10H2,1H3;2*1H/t13-,16+,18-,19+,20+,21-;;/m1../s1. The van der Waals surface area contributed by atoms with Gasteiger partial charge in [0.05, 0.1) is 23.2 Å². The Morgan fingerprint density at radius 2 is 1.97 bits per heavy atom. The van der Waals surface area contributed by atoms with Crippen LogP contribution in [0.1, 0.15) is 49.3 Å². The molecule has 29 heavy (non-hydrogen) atoms. The van der Waals surface area contributed by atoms with E-state index in [0.29, 0.717) is 18.1 Å². The van der Waals surface area contributed by atoms with Gasteiger partial charge < -0.3 is 25.4 Å². The van der Waals surface area contributed by atoms with Gasteiger partial charge in [-0.15, -0.1) is 24.8 Å². The van der Waals surface area contributed by atoms with Crippen LogP contribution in [0.25, 0.3) is 0 Å². The maximum atomic E-state index is 12.2. The Labute approximate surface area is 183 Å². The van der Waals surface area contributed by atoms with Crippen molar-refractivity contribution in [2.75, 3.05) is 20.1 Å². The molecule has 3 aliphatic carbocycles. The summed E-state index contributed by atoms with van der Waals surface area (Å²) in [6, 6.07) is 3.28. The summed E-state index contributed by atoms with van der Waals surface area (Å²) in [6.45, 7) is 1.81. The number of benzene rings is 1. The van der Waals surface area contributed by atoms with Gasteiger partial charge in [-0.25, -0.2) is 0 Å². The number of piperidine rings is 1. The number of nitrogens with one attached hydrogen (secondary N) is 1. The van der Waals surface area contributed by atoms with Gasteiger partial charge in [0.2, 0.25) is 0 Å². The predicted molar refractivity (Wildman–Crippen MR) is 113 cm³/mol. The number of aliphatic hydroxyl groups is 2. The molecule has 1 saturated heterocycles. The molecule has 6 nitrogen and oxygen atoms in total.